The summed E-state index contributed by atoms with van der Waals surface area (Å²) in [4.78, 5) is 30.5. The van der Waals surface area contributed by atoms with Crippen molar-refractivity contribution in [1.29, 1.82) is 0 Å². The van der Waals surface area contributed by atoms with Crippen LogP contribution in [-0.2, 0) is 17.8 Å². The van der Waals surface area contributed by atoms with Gasteiger partial charge in [0.05, 0.1) is 0 Å². The van der Waals surface area contributed by atoms with Crippen LogP contribution in [0.25, 0.3) is 9.93 Å². The molecule has 0 saturated carbocycles. The molecule has 156 valence electrons. The SMILES string of the molecule is CCn1c(=O)/c(=C2/SC=C(C)N2C)s/c1=C1\SC(=S)N(CCc2ccccc2)C1=O. The molecule has 9 heteroatoms. The molecule has 0 spiro atoms. The monoisotopic (exact) mass is 475 g/mol. The zero-order chi connectivity index (χ0) is 21.4. The zero-order valence-corrected chi connectivity index (χ0v) is 20.1. The Balaban J connectivity index is 1.74. The van der Waals surface area contributed by atoms with Gasteiger partial charge in [-0.2, -0.15) is 0 Å². The molecule has 2 aliphatic heterocycles. The molecule has 0 atom stereocenters. The highest BCUT2D eigenvalue weighted by Gasteiger charge is 2.34. The summed E-state index contributed by atoms with van der Waals surface area (Å²) in [7, 11) is 1.96. The van der Waals surface area contributed by atoms with Crippen LogP contribution in [0.1, 0.15) is 19.4 Å². The Morgan fingerprint density at radius 2 is 1.87 bits per heavy atom. The van der Waals surface area contributed by atoms with Gasteiger partial charge in [-0.05, 0) is 31.2 Å². The Kier molecular flexibility index (Phi) is 6.24. The van der Waals surface area contributed by atoms with Gasteiger partial charge in [0.25, 0.3) is 11.5 Å². The van der Waals surface area contributed by atoms with E-state index in [-0.39, 0.29) is 11.5 Å². The van der Waals surface area contributed by atoms with Crippen molar-refractivity contribution in [3.05, 3.63) is 66.5 Å². The van der Waals surface area contributed by atoms with Crippen LogP contribution >= 0.6 is 47.1 Å². The van der Waals surface area contributed by atoms with Gasteiger partial charge in [0.1, 0.15) is 23.4 Å². The summed E-state index contributed by atoms with van der Waals surface area (Å²) in [5.74, 6) is -0.109. The fraction of sp³-hybridized carbons (Fsp3) is 0.286. The van der Waals surface area contributed by atoms with Crippen molar-refractivity contribution in [3.8, 4) is 0 Å². The minimum absolute atomic E-state index is 0.0514. The highest BCUT2D eigenvalue weighted by atomic mass is 32.2. The van der Waals surface area contributed by atoms with E-state index in [1.807, 2.05) is 61.5 Å². The van der Waals surface area contributed by atoms with E-state index in [4.69, 9.17) is 12.2 Å². The molecule has 1 aromatic carbocycles. The molecule has 0 N–H and O–H groups in total. The van der Waals surface area contributed by atoms with Crippen molar-refractivity contribution in [2.75, 3.05) is 13.6 Å². The Hall–Kier alpha value is -1.81. The molecule has 0 aliphatic carbocycles. The number of thioether (sulfide) groups is 2. The van der Waals surface area contributed by atoms with Gasteiger partial charge in [0.2, 0.25) is 0 Å². The van der Waals surface area contributed by atoms with Crippen molar-refractivity contribution < 1.29 is 4.79 Å². The van der Waals surface area contributed by atoms with E-state index in [0.717, 1.165) is 22.7 Å². The van der Waals surface area contributed by atoms with Gasteiger partial charge >= 0.3 is 0 Å². The van der Waals surface area contributed by atoms with Crippen LogP contribution < -0.4 is 14.8 Å². The van der Waals surface area contributed by atoms with Crippen LogP contribution in [0.5, 0.6) is 0 Å². The molecule has 4 rings (SSSR count). The van der Waals surface area contributed by atoms with Gasteiger partial charge in [-0.3, -0.25) is 19.1 Å². The van der Waals surface area contributed by atoms with Crippen LogP contribution in [0.3, 0.4) is 0 Å². The quantitative estimate of drug-likeness (QED) is 0.634. The van der Waals surface area contributed by atoms with E-state index in [2.05, 4.69) is 0 Å². The number of hydrogen-bond donors (Lipinski definition) is 0. The summed E-state index contributed by atoms with van der Waals surface area (Å²) in [6.45, 7) is 4.98. The maximum Gasteiger partial charge on any atom is 0.271 e. The number of allylic oxidation sites excluding steroid dienone is 1. The number of thiocarbonyl (C=S) groups is 1. The molecule has 30 heavy (non-hydrogen) atoms. The molecule has 1 saturated heterocycles. The first-order valence-corrected chi connectivity index (χ1v) is 12.5. The van der Waals surface area contributed by atoms with Crippen molar-refractivity contribution in [3.63, 3.8) is 0 Å². The smallest absolute Gasteiger partial charge is 0.271 e. The maximum atomic E-state index is 13.2. The fourth-order valence-corrected chi connectivity index (χ4v) is 7.12. The lowest BCUT2D eigenvalue weighted by atomic mass is 10.1. The van der Waals surface area contributed by atoms with Crippen molar-refractivity contribution in [2.24, 2.45) is 0 Å². The zero-order valence-electron chi connectivity index (χ0n) is 16.9. The number of nitrogens with zero attached hydrogens (tertiary/aromatic N) is 3. The van der Waals surface area contributed by atoms with Gasteiger partial charge in [-0.1, -0.05) is 66.1 Å². The van der Waals surface area contributed by atoms with Gasteiger partial charge in [-0.15, -0.1) is 11.3 Å². The van der Waals surface area contributed by atoms with E-state index >= 15 is 0 Å². The average Bonchev–Trinajstić information content (AvgIpc) is 3.34. The minimum atomic E-state index is -0.109. The van der Waals surface area contributed by atoms with E-state index in [1.165, 1.54) is 23.1 Å². The summed E-state index contributed by atoms with van der Waals surface area (Å²) in [5, 5.41) is 2.95. The third kappa shape index (κ3) is 3.79. The van der Waals surface area contributed by atoms with Crippen molar-refractivity contribution in [1.82, 2.24) is 14.4 Å². The number of amides is 1. The van der Waals surface area contributed by atoms with Gasteiger partial charge < -0.3 is 4.90 Å². The Labute approximate surface area is 192 Å². The molecule has 1 fully saturated rings. The Morgan fingerprint density at radius 1 is 1.13 bits per heavy atom. The number of benzene rings is 1. The summed E-state index contributed by atoms with van der Waals surface area (Å²) in [5.41, 5.74) is 2.21. The lowest BCUT2D eigenvalue weighted by Gasteiger charge is -2.14. The lowest BCUT2D eigenvalue weighted by Crippen LogP contribution is -2.35. The average molecular weight is 476 g/mol. The summed E-state index contributed by atoms with van der Waals surface area (Å²) in [6, 6.07) is 10.1. The van der Waals surface area contributed by atoms with Crippen LogP contribution in [0.15, 0.2) is 46.2 Å². The molecule has 0 radical (unpaired) electrons. The van der Waals surface area contributed by atoms with E-state index in [0.29, 0.717) is 31.5 Å². The maximum absolute atomic E-state index is 13.2. The van der Waals surface area contributed by atoms with E-state index in [1.54, 1.807) is 21.2 Å². The van der Waals surface area contributed by atoms with Gasteiger partial charge in [0, 0.05) is 25.8 Å². The van der Waals surface area contributed by atoms with Gasteiger partial charge in [0.15, 0.2) is 0 Å². The molecule has 1 amide bonds. The highest BCUT2D eigenvalue weighted by molar-refractivity contribution is 8.30. The van der Waals surface area contributed by atoms with Crippen LogP contribution in [0.2, 0.25) is 0 Å². The standard InChI is InChI=1S/C21H21N3O2S4/c1-4-23-17(25)15(19-22(3)13(2)12-28-19)29-20(23)16-18(26)24(21(27)30-16)11-10-14-8-6-5-7-9-14/h5-9,12H,4,10-11H2,1-3H3/b19-15-,20-16-. The second-order valence-corrected chi connectivity index (χ2v) is 10.4. The molecular formula is C21H21N3O2S4. The molecule has 0 bridgehead atoms. The number of carbonyl (C=O) groups excluding carboxylic acids is 1. The molecule has 1 aromatic heterocycles. The second-order valence-electron chi connectivity index (χ2n) is 6.92. The number of hydrogen-bond acceptors (Lipinski definition) is 7. The first-order chi connectivity index (χ1) is 14.4. The summed E-state index contributed by atoms with van der Waals surface area (Å²) in [6.07, 6.45) is 0.737. The highest BCUT2D eigenvalue weighted by Crippen LogP contribution is 2.33. The topological polar surface area (TPSA) is 45.6 Å². The Morgan fingerprint density at radius 3 is 2.50 bits per heavy atom. The predicted octanol–water partition coefficient (Wildman–Crippen LogP) is 2.75. The van der Waals surface area contributed by atoms with Crippen LogP contribution in [0.4, 0.5) is 0 Å². The number of carbonyl (C=O) groups is 1. The van der Waals surface area contributed by atoms with Crippen molar-refractivity contribution >= 4 is 67.2 Å². The summed E-state index contributed by atoms with van der Waals surface area (Å²) < 4.78 is 3.61. The number of rotatable bonds is 4. The fourth-order valence-electron chi connectivity index (χ4n) is 3.27. The lowest BCUT2D eigenvalue weighted by molar-refractivity contribution is -0.120. The molecule has 0 unspecified atom stereocenters. The molecule has 3 heterocycles. The molecule has 5 nitrogen and oxygen atoms in total. The van der Waals surface area contributed by atoms with E-state index in [9.17, 15) is 9.59 Å². The molecule has 2 aromatic rings. The predicted molar refractivity (Wildman–Crippen MR) is 131 cm³/mol. The number of aromatic nitrogens is 1. The summed E-state index contributed by atoms with van der Waals surface area (Å²) >= 11 is 9.74. The van der Waals surface area contributed by atoms with Crippen LogP contribution in [-0.4, -0.2) is 38.2 Å². The van der Waals surface area contributed by atoms with E-state index < -0.39 is 0 Å². The molecule has 2 aliphatic rings. The molecular weight excluding hydrogens is 455 g/mol. The number of thiazole rings is 1. The largest absolute Gasteiger partial charge is 0.341 e. The Bertz CT molecular complexity index is 1230. The normalized spacial score (nSPS) is 20.4. The van der Waals surface area contributed by atoms with Gasteiger partial charge in [-0.25, -0.2) is 0 Å². The first-order valence-electron chi connectivity index (χ1n) is 9.55. The third-order valence-electron chi connectivity index (χ3n) is 5.08. The first kappa shape index (κ1) is 21.4. The minimum Gasteiger partial charge on any atom is -0.341 e. The third-order valence-corrected chi connectivity index (χ3v) is 9.12. The second kappa shape index (κ2) is 8.74. The van der Waals surface area contributed by atoms with Crippen LogP contribution in [0, 0.1) is 0 Å². The van der Waals surface area contributed by atoms with Crippen molar-refractivity contribution in [2.45, 2.75) is 26.8 Å².